The first kappa shape index (κ1) is 19.4. The summed E-state index contributed by atoms with van der Waals surface area (Å²) in [7, 11) is 0. The van der Waals surface area contributed by atoms with Crippen molar-refractivity contribution in [3.05, 3.63) is 59.9 Å². The SMILES string of the molecule is Cc1cc(Nc2cc(-c3cccnc3)nc(NC3CCCC3)n2)ccc1C(C)C. The molecule has 2 N–H and O–H groups in total. The number of aromatic nitrogens is 3. The average molecular weight is 388 g/mol. The molecule has 5 nitrogen and oxygen atoms in total. The standard InChI is InChI=1S/C24H29N5/c1-16(2)21-11-10-20(13-17(21)3)26-23-14-22(18-7-6-12-25-15-18)28-24(29-23)27-19-8-4-5-9-19/h6-7,10-16,19H,4-5,8-9H2,1-3H3,(H2,26,27,28,29). The van der Waals surface area contributed by atoms with Gasteiger partial charge in [0.05, 0.1) is 5.69 Å². The molecule has 0 saturated heterocycles. The topological polar surface area (TPSA) is 62.7 Å². The number of hydrogen-bond donors (Lipinski definition) is 2. The highest BCUT2D eigenvalue weighted by Crippen LogP contribution is 2.28. The fourth-order valence-electron chi connectivity index (χ4n) is 4.04. The lowest BCUT2D eigenvalue weighted by Crippen LogP contribution is -2.17. The zero-order chi connectivity index (χ0) is 20.2. The van der Waals surface area contributed by atoms with E-state index in [0.717, 1.165) is 22.8 Å². The van der Waals surface area contributed by atoms with Crippen LogP contribution < -0.4 is 10.6 Å². The van der Waals surface area contributed by atoms with Gasteiger partial charge in [0.15, 0.2) is 0 Å². The molecule has 0 spiro atoms. The molecule has 2 heterocycles. The third-order valence-electron chi connectivity index (χ3n) is 5.54. The molecule has 0 radical (unpaired) electrons. The molecule has 1 aliphatic carbocycles. The Morgan fingerprint density at radius 3 is 2.55 bits per heavy atom. The van der Waals surface area contributed by atoms with Gasteiger partial charge in [-0.15, -0.1) is 0 Å². The minimum atomic E-state index is 0.458. The molecule has 0 atom stereocenters. The highest BCUT2D eigenvalue weighted by molar-refractivity contribution is 5.67. The minimum absolute atomic E-state index is 0.458. The van der Waals surface area contributed by atoms with Gasteiger partial charge >= 0.3 is 0 Å². The maximum atomic E-state index is 4.76. The van der Waals surface area contributed by atoms with Crippen LogP contribution in [0.5, 0.6) is 0 Å². The highest BCUT2D eigenvalue weighted by Gasteiger charge is 2.17. The van der Waals surface area contributed by atoms with Gasteiger partial charge in [0, 0.05) is 35.8 Å². The van der Waals surface area contributed by atoms with Crippen LogP contribution in [0.15, 0.2) is 48.8 Å². The minimum Gasteiger partial charge on any atom is -0.351 e. The Bertz CT molecular complexity index is 962. The molecule has 5 heteroatoms. The maximum Gasteiger partial charge on any atom is 0.225 e. The van der Waals surface area contributed by atoms with E-state index < -0.39 is 0 Å². The molecule has 1 aliphatic rings. The fraction of sp³-hybridized carbons (Fsp3) is 0.375. The second-order valence-electron chi connectivity index (χ2n) is 8.18. The number of rotatable bonds is 6. The quantitative estimate of drug-likeness (QED) is 0.537. The van der Waals surface area contributed by atoms with Crippen molar-refractivity contribution < 1.29 is 0 Å². The van der Waals surface area contributed by atoms with Crippen molar-refractivity contribution in [3.63, 3.8) is 0 Å². The lowest BCUT2D eigenvalue weighted by molar-refractivity contribution is 0.744. The maximum absolute atomic E-state index is 4.76. The molecular formula is C24H29N5. The van der Waals surface area contributed by atoms with Crippen molar-refractivity contribution in [1.82, 2.24) is 15.0 Å². The number of benzene rings is 1. The van der Waals surface area contributed by atoms with Crippen LogP contribution in [-0.4, -0.2) is 21.0 Å². The van der Waals surface area contributed by atoms with E-state index in [9.17, 15) is 0 Å². The third kappa shape index (κ3) is 4.73. The van der Waals surface area contributed by atoms with Crippen LogP contribution in [0, 0.1) is 6.92 Å². The Morgan fingerprint density at radius 2 is 1.86 bits per heavy atom. The predicted octanol–water partition coefficient (Wildman–Crippen LogP) is 6.07. The normalized spacial score (nSPS) is 14.3. The summed E-state index contributed by atoms with van der Waals surface area (Å²) in [6, 6.07) is 12.9. The van der Waals surface area contributed by atoms with Gasteiger partial charge < -0.3 is 10.6 Å². The molecule has 29 heavy (non-hydrogen) atoms. The summed E-state index contributed by atoms with van der Waals surface area (Å²) in [5, 5.41) is 7.00. The van der Waals surface area contributed by atoms with E-state index in [1.807, 2.05) is 24.4 Å². The van der Waals surface area contributed by atoms with Gasteiger partial charge in [-0.25, -0.2) is 4.98 Å². The number of aryl methyl sites for hydroxylation is 1. The summed E-state index contributed by atoms with van der Waals surface area (Å²) in [6.45, 7) is 6.61. The molecular weight excluding hydrogens is 358 g/mol. The van der Waals surface area contributed by atoms with Crippen LogP contribution >= 0.6 is 0 Å². The zero-order valence-corrected chi connectivity index (χ0v) is 17.4. The number of nitrogens with zero attached hydrogens (tertiary/aromatic N) is 3. The van der Waals surface area contributed by atoms with Gasteiger partial charge in [-0.2, -0.15) is 4.98 Å². The molecule has 3 aromatic rings. The van der Waals surface area contributed by atoms with Crippen LogP contribution in [0.25, 0.3) is 11.3 Å². The van der Waals surface area contributed by atoms with E-state index in [0.29, 0.717) is 17.9 Å². The van der Waals surface area contributed by atoms with Gasteiger partial charge in [-0.05, 0) is 61.1 Å². The van der Waals surface area contributed by atoms with E-state index >= 15 is 0 Å². The Morgan fingerprint density at radius 1 is 1.03 bits per heavy atom. The lowest BCUT2D eigenvalue weighted by atomic mass is 9.98. The number of pyridine rings is 1. The Labute approximate surface area is 173 Å². The summed E-state index contributed by atoms with van der Waals surface area (Å²) >= 11 is 0. The van der Waals surface area contributed by atoms with Gasteiger partial charge in [0.2, 0.25) is 5.95 Å². The Balaban J connectivity index is 1.65. The van der Waals surface area contributed by atoms with E-state index in [4.69, 9.17) is 9.97 Å². The second-order valence-corrected chi connectivity index (χ2v) is 8.18. The predicted molar refractivity (Wildman–Crippen MR) is 120 cm³/mol. The van der Waals surface area contributed by atoms with Gasteiger partial charge in [-0.3, -0.25) is 4.98 Å². The lowest BCUT2D eigenvalue weighted by Gasteiger charge is -2.16. The largest absolute Gasteiger partial charge is 0.351 e. The Hall–Kier alpha value is -2.95. The average Bonchev–Trinajstić information content (AvgIpc) is 3.21. The third-order valence-corrected chi connectivity index (χ3v) is 5.54. The summed E-state index contributed by atoms with van der Waals surface area (Å²) in [5.41, 5.74) is 5.55. The van der Waals surface area contributed by atoms with E-state index in [1.165, 1.54) is 36.8 Å². The van der Waals surface area contributed by atoms with Crippen molar-refractivity contribution in [3.8, 4) is 11.3 Å². The second kappa shape index (κ2) is 8.60. The highest BCUT2D eigenvalue weighted by atomic mass is 15.2. The summed E-state index contributed by atoms with van der Waals surface area (Å²) < 4.78 is 0. The van der Waals surface area contributed by atoms with E-state index in [2.05, 4.69) is 54.6 Å². The molecule has 1 fully saturated rings. The molecule has 4 rings (SSSR count). The molecule has 150 valence electrons. The molecule has 0 amide bonds. The molecule has 1 aromatic carbocycles. The molecule has 0 aliphatic heterocycles. The van der Waals surface area contributed by atoms with Crippen LogP contribution in [0.1, 0.15) is 56.6 Å². The molecule has 0 bridgehead atoms. The monoisotopic (exact) mass is 387 g/mol. The summed E-state index contributed by atoms with van der Waals surface area (Å²) in [4.78, 5) is 13.8. The van der Waals surface area contributed by atoms with Crippen LogP contribution in [-0.2, 0) is 0 Å². The summed E-state index contributed by atoms with van der Waals surface area (Å²) in [6.07, 6.45) is 8.52. The number of anilines is 3. The van der Waals surface area contributed by atoms with Gasteiger partial charge in [0.25, 0.3) is 0 Å². The number of hydrogen-bond acceptors (Lipinski definition) is 5. The summed E-state index contributed by atoms with van der Waals surface area (Å²) in [5.74, 6) is 1.98. The van der Waals surface area contributed by atoms with Crippen molar-refractivity contribution >= 4 is 17.5 Å². The van der Waals surface area contributed by atoms with E-state index in [-0.39, 0.29) is 0 Å². The van der Waals surface area contributed by atoms with Crippen LogP contribution in [0.3, 0.4) is 0 Å². The first-order chi connectivity index (χ1) is 14.1. The smallest absolute Gasteiger partial charge is 0.225 e. The first-order valence-corrected chi connectivity index (χ1v) is 10.5. The van der Waals surface area contributed by atoms with Crippen molar-refractivity contribution in [1.29, 1.82) is 0 Å². The van der Waals surface area contributed by atoms with Crippen molar-refractivity contribution in [2.45, 2.75) is 58.4 Å². The molecule has 0 unspecified atom stereocenters. The van der Waals surface area contributed by atoms with Gasteiger partial charge in [-0.1, -0.05) is 32.8 Å². The first-order valence-electron chi connectivity index (χ1n) is 10.5. The molecule has 2 aromatic heterocycles. The van der Waals surface area contributed by atoms with Gasteiger partial charge in [0.1, 0.15) is 5.82 Å². The molecule has 1 saturated carbocycles. The zero-order valence-electron chi connectivity index (χ0n) is 17.4. The fourth-order valence-corrected chi connectivity index (χ4v) is 4.04. The van der Waals surface area contributed by atoms with E-state index in [1.54, 1.807) is 6.20 Å². The number of nitrogens with one attached hydrogen (secondary N) is 2. The van der Waals surface area contributed by atoms with Crippen LogP contribution in [0.2, 0.25) is 0 Å². The van der Waals surface area contributed by atoms with Crippen LogP contribution in [0.4, 0.5) is 17.5 Å². The Kier molecular flexibility index (Phi) is 5.74. The van der Waals surface area contributed by atoms with Crippen molar-refractivity contribution in [2.75, 3.05) is 10.6 Å². The van der Waals surface area contributed by atoms with Crippen molar-refractivity contribution in [2.24, 2.45) is 0 Å².